The first kappa shape index (κ1) is 23.0. The number of alkyl halides is 3. The van der Waals surface area contributed by atoms with Gasteiger partial charge in [-0.25, -0.2) is 8.42 Å². The number of likely N-dealkylation sites (tertiary alicyclic amines) is 1. The van der Waals surface area contributed by atoms with Crippen molar-refractivity contribution in [3.63, 3.8) is 0 Å². The maximum atomic E-state index is 13.2. The molecule has 1 aliphatic heterocycles. The molecule has 0 saturated carbocycles. The van der Waals surface area contributed by atoms with Crippen LogP contribution in [-0.2, 0) is 17.1 Å². The number of rotatable bonds is 5. The van der Waals surface area contributed by atoms with E-state index in [0.29, 0.717) is 24.5 Å². The van der Waals surface area contributed by atoms with Crippen molar-refractivity contribution in [3.05, 3.63) is 41.2 Å². The van der Waals surface area contributed by atoms with E-state index in [1.165, 1.54) is 0 Å². The van der Waals surface area contributed by atoms with Gasteiger partial charge in [0.2, 0.25) is 0 Å². The molecule has 0 spiro atoms. The fourth-order valence-electron chi connectivity index (χ4n) is 3.68. The summed E-state index contributed by atoms with van der Waals surface area (Å²) in [7, 11) is -2.51. The lowest BCUT2D eigenvalue weighted by Gasteiger charge is -2.27. The Morgan fingerprint density at radius 2 is 1.61 bits per heavy atom. The van der Waals surface area contributed by atoms with Crippen molar-refractivity contribution in [1.82, 2.24) is 9.47 Å². The molecule has 1 N–H and O–H groups in total. The molecule has 11 heteroatoms. The van der Waals surface area contributed by atoms with Crippen molar-refractivity contribution in [1.29, 1.82) is 0 Å². The first-order valence-electron chi connectivity index (χ1n) is 9.74. The molecule has 2 aromatic rings. The second-order valence-corrected chi connectivity index (χ2v) is 9.08. The van der Waals surface area contributed by atoms with E-state index >= 15 is 0 Å². The Morgan fingerprint density at radius 1 is 1.03 bits per heavy atom. The summed E-state index contributed by atoms with van der Waals surface area (Å²) in [5.74, 6) is -0.807. The van der Waals surface area contributed by atoms with E-state index in [4.69, 9.17) is 0 Å². The number of aromatic nitrogens is 1. The Morgan fingerprint density at radius 3 is 2.16 bits per heavy atom. The van der Waals surface area contributed by atoms with E-state index < -0.39 is 22.1 Å². The zero-order valence-electron chi connectivity index (χ0n) is 17.4. The number of amides is 1. The van der Waals surface area contributed by atoms with Crippen LogP contribution in [-0.4, -0.2) is 43.2 Å². The summed E-state index contributed by atoms with van der Waals surface area (Å²) in [6, 6.07) is 4.34. The molecule has 1 fully saturated rings. The van der Waals surface area contributed by atoms with Crippen molar-refractivity contribution >= 4 is 21.6 Å². The Bertz CT molecular complexity index is 1070. The van der Waals surface area contributed by atoms with Gasteiger partial charge in [-0.15, -0.1) is 13.2 Å². The summed E-state index contributed by atoms with van der Waals surface area (Å²) < 4.78 is 71.2. The van der Waals surface area contributed by atoms with Crippen molar-refractivity contribution in [2.45, 2.75) is 44.4 Å². The summed E-state index contributed by atoms with van der Waals surface area (Å²) in [4.78, 5) is 14.7. The largest absolute Gasteiger partial charge is 0.573 e. The first-order valence-corrected chi connectivity index (χ1v) is 11.2. The molecular formula is C20H24F3N3O4S. The highest BCUT2D eigenvalue weighted by Gasteiger charge is 2.34. The lowest BCUT2D eigenvalue weighted by molar-refractivity contribution is -0.274. The molecule has 1 aromatic carbocycles. The van der Waals surface area contributed by atoms with Crippen LogP contribution in [0.2, 0.25) is 0 Å². The Labute approximate surface area is 178 Å². The van der Waals surface area contributed by atoms with E-state index in [1.54, 1.807) is 30.4 Å². The van der Waals surface area contributed by atoms with Crippen molar-refractivity contribution < 1.29 is 31.1 Å². The van der Waals surface area contributed by atoms with E-state index in [-0.39, 0.29) is 22.1 Å². The number of nitrogens with zero attached hydrogens (tertiary/aromatic N) is 2. The number of hydrogen-bond acceptors (Lipinski definition) is 4. The summed E-state index contributed by atoms with van der Waals surface area (Å²) in [5, 5.41) is 0. The van der Waals surface area contributed by atoms with Crippen LogP contribution in [0.3, 0.4) is 0 Å². The topological polar surface area (TPSA) is 80.6 Å². The minimum absolute atomic E-state index is 0.0480. The normalized spacial score (nSPS) is 15.1. The van der Waals surface area contributed by atoms with Crippen LogP contribution >= 0.6 is 0 Å². The number of anilines is 1. The quantitative estimate of drug-likeness (QED) is 0.734. The van der Waals surface area contributed by atoms with Crippen LogP contribution in [0.4, 0.5) is 18.9 Å². The number of piperidine rings is 1. The average molecular weight is 459 g/mol. The monoisotopic (exact) mass is 459 g/mol. The standard InChI is InChI=1S/C20H24F3N3O4S/c1-13-17(19(27)26-11-5-4-6-12-26)18(14(2)25(13)3)31(28,29)24-15-7-9-16(10-8-15)30-20(21,22)23/h7-10,24H,4-6,11-12H2,1-3H3. The maximum Gasteiger partial charge on any atom is 0.573 e. The molecule has 0 unspecified atom stereocenters. The number of ether oxygens (including phenoxy) is 1. The van der Waals surface area contributed by atoms with Crippen molar-refractivity contribution in [2.75, 3.05) is 17.8 Å². The first-order chi connectivity index (χ1) is 14.4. The highest BCUT2D eigenvalue weighted by molar-refractivity contribution is 7.92. The van der Waals surface area contributed by atoms with Gasteiger partial charge in [-0.1, -0.05) is 0 Å². The molecule has 170 valence electrons. The Hall–Kier alpha value is -2.69. The van der Waals surface area contributed by atoms with E-state index in [2.05, 4.69) is 9.46 Å². The van der Waals surface area contributed by atoms with Gasteiger partial charge < -0.3 is 14.2 Å². The van der Waals surface area contributed by atoms with Crippen LogP contribution in [0.15, 0.2) is 29.2 Å². The van der Waals surface area contributed by atoms with E-state index in [9.17, 15) is 26.4 Å². The summed E-state index contributed by atoms with van der Waals surface area (Å²) >= 11 is 0. The van der Waals surface area contributed by atoms with Crippen LogP contribution in [0.1, 0.15) is 41.0 Å². The van der Waals surface area contributed by atoms with Crippen molar-refractivity contribution in [3.8, 4) is 5.75 Å². The molecule has 3 rings (SSSR count). The van der Waals surface area contributed by atoms with Gasteiger partial charge in [0, 0.05) is 37.2 Å². The molecule has 31 heavy (non-hydrogen) atoms. The minimum atomic E-state index is -4.84. The number of benzene rings is 1. The second-order valence-electron chi connectivity index (χ2n) is 7.46. The summed E-state index contributed by atoms with van der Waals surface area (Å²) in [5.41, 5.74) is 1.09. The van der Waals surface area contributed by atoms with Crippen LogP contribution in [0.5, 0.6) is 5.75 Å². The molecular weight excluding hydrogens is 435 g/mol. The summed E-state index contributed by atoms with van der Waals surface area (Å²) in [6.45, 7) is 4.43. The molecule has 0 aliphatic carbocycles. The number of hydrogen-bond donors (Lipinski definition) is 1. The van der Waals surface area contributed by atoms with Gasteiger partial charge in [0.1, 0.15) is 10.6 Å². The molecule has 0 atom stereocenters. The van der Waals surface area contributed by atoms with Crippen LogP contribution in [0.25, 0.3) is 0 Å². The minimum Gasteiger partial charge on any atom is -0.406 e. The molecule has 0 bridgehead atoms. The number of sulfonamides is 1. The highest BCUT2D eigenvalue weighted by Crippen LogP contribution is 2.31. The molecule has 1 aliphatic rings. The van der Waals surface area contributed by atoms with Gasteiger partial charge in [0.15, 0.2) is 0 Å². The van der Waals surface area contributed by atoms with Crippen molar-refractivity contribution in [2.24, 2.45) is 7.05 Å². The second kappa shape index (κ2) is 8.45. The van der Waals surface area contributed by atoms with Gasteiger partial charge >= 0.3 is 6.36 Å². The zero-order valence-corrected chi connectivity index (χ0v) is 18.2. The maximum absolute atomic E-state index is 13.2. The molecule has 0 radical (unpaired) electrons. The van der Waals surface area contributed by atoms with E-state index in [0.717, 1.165) is 43.5 Å². The Kier molecular flexibility index (Phi) is 6.26. The number of carbonyl (C=O) groups excluding carboxylic acids is 1. The third kappa shape index (κ3) is 4.97. The van der Waals surface area contributed by atoms with Gasteiger partial charge in [0.25, 0.3) is 15.9 Å². The smallest absolute Gasteiger partial charge is 0.406 e. The van der Waals surface area contributed by atoms with Crippen LogP contribution in [0, 0.1) is 13.8 Å². The molecule has 2 heterocycles. The van der Waals surface area contributed by atoms with Gasteiger partial charge in [0.05, 0.1) is 5.56 Å². The predicted octanol–water partition coefficient (Wildman–Crippen LogP) is 3.97. The molecule has 7 nitrogen and oxygen atoms in total. The zero-order chi connectivity index (χ0) is 23.0. The third-order valence-corrected chi connectivity index (χ3v) is 6.93. The third-order valence-electron chi connectivity index (χ3n) is 5.39. The number of nitrogens with one attached hydrogen (secondary N) is 1. The lowest BCUT2D eigenvalue weighted by Crippen LogP contribution is -2.36. The predicted molar refractivity (Wildman–Crippen MR) is 109 cm³/mol. The number of carbonyl (C=O) groups is 1. The summed E-state index contributed by atoms with van der Waals surface area (Å²) in [6.07, 6.45) is -2.09. The highest BCUT2D eigenvalue weighted by atomic mass is 32.2. The van der Waals surface area contributed by atoms with Gasteiger partial charge in [-0.2, -0.15) is 0 Å². The lowest BCUT2D eigenvalue weighted by atomic mass is 10.1. The fourth-order valence-corrected chi connectivity index (χ4v) is 5.26. The molecule has 1 aromatic heterocycles. The van der Waals surface area contributed by atoms with Crippen LogP contribution < -0.4 is 9.46 Å². The van der Waals surface area contributed by atoms with Gasteiger partial charge in [-0.3, -0.25) is 9.52 Å². The Balaban J connectivity index is 1.94. The number of halogens is 3. The van der Waals surface area contributed by atoms with Gasteiger partial charge in [-0.05, 0) is 57.4 Å². The molecule has 1 amide bonds. The van der Waals surface area contributed by atoms with E-state index in [1.807, 2.05) is 0 Å². The average Bonchev–Trinajstić information content (AvgIpc) is 2.93. The SMILES string of the molecule is Cc1c(C(=O)N2CCCCC2)c(S(=O)(=O)Nc2ccc(OC(F)(F)F)cc2)c(C)n1C. The fraction of sp³-hybridized carbons (Fsp3) is 0.450. The molecule has 1 saturated heterocycles.